The average molecular weight is 316 g/mol. The van der Waals surface area contributed by atoms with Crippen LogP contribution >= 0.6 is 11.3 Å². The quantitative estimate of drug-likeness (QED) is 0.755. The number of hydrogen-bond acceptors (Lipinski definition) is 6. The van der Waals surface area contributed by atoms with Crippen molar-refractivity contribution in [2.45, 2.75) is 6.04 Å². The molecule has 0 saturated carbocycles. The van der Waals surface area contributed by atoms with Gasteiger partial charge in [0, 0.05) is 0 Å². The molecule has 0 amide bonds. The first-order valence-corrected chi connectivity index (χ1v) is 7.54. The first kappa shape index (κ1) is 14.6. The van der Waals surface area contributed by atoms with E-state index in [4.69, 9.17) is 15.2 Å². The normalized spacial score (nSPS) is 12.1. The van der Waals surface area contributed by atoms with Crippen LogP contribution in [-0.2, 0) is 0 Å². The van der Waals surface area contributed by atoms with Crippen LogP contribution in [0.25, 0.3) is 10.7 Å². The van der Waals surface area contributed by atoms with Gasteiger partial charge in [0.1, 0.15) is 5.82 Å². The van der Waals surface area contributed by atoms with E-state index in [1.807, 2.05) is 35.7 Å². The molecule has 1 aromatic carbocycles. The van der Waals surface area contributed by atoms with Crippen molar-refractivity contribution >= 4 is 11.3 Å². The topological polar surface area (TPSA) is 86.0 Å². The van der Waals surface area contributed by atoms with Crippen LogP contribution in [0.15, 0.2) is 35.7 Å². The molecule has 2 aromatic heterocycles. The first-order valence-electron chi connectivity index (χ1n) is 6.66. The molecule has 2 heterocycles. The number of ether oxygens (including phenoxy) is 2. The Morgan fingerprint density at radius 1 is 1.18 bits per heavy atom. The van der Waals surface area contributed by atoms with Gasteiger partial charge in [0.2, 0.25) is 0 Å². The smallest absolute Gasteiger partial charge is 0.191 e. The number of thiophene rings is 1. The van der Waals surface area contributed by atoms with Gasteiger partial charge in [-0.15, -0.1) is 11.3 Å². The second-order valence-corrected chi connectivity index (χ2v) is 5.56. The molecule has 3 rings (SSSR count). The van der Waals surface area contributed by atoms with Gasteiger partial charge in [0.15, 0.2) is 17.3 Å². The summed E-state index contributed by atoms with van der Waals surface area (Å²) in [5, 5.41) is 9.11. The summed E-state index contributed by atoms with van der Waals surface area (Å²) in [7, 11) is 3.19. The van der Waals surface area contributed by atoms with Crippen molar-refractivity contribution in [3.05, 3.63) is 47.1 Å². The number of benzene rings is 1. The highest BCUT2D eigenvalue weighted by molar-refractivity contribution is 7.13. The SMILES string of the molecule is COc1ccc([C@@H](N)c2nc(-c3cccs3)n[nH]2)cc1OC. The van der Waals surface area contributed by atoms with Crippen molar-refractivity contribution in [2.24, 2.45) is 5.73 Å². The standard InChI is InChI=1S/C15H16N4O2S/c1-20-10-6-5-9(8-11(10)21-2)13(16)15-17-14(18-19-15)12-4-3-7-22-12/h3-8,13H,16H2,1-2H3,(H,17,18,19)/t13-/m1/s1. The predicted octanol–water partition coefficient (Wildman–Crippen LogP) is 2.60. The lowest BCUT2D eigenvalue weighted by Gasteiger charge is -2.12. The van der Waals surface area contributed by atoms with Crippen LogP contribution in [0.1, 0.15) is 17.4 Å². The summed E-state index contributed by atoms with van der Waals surface area (Å²) in [5.74, 6) is 2.56. The van der Waals surface area contributed by atoms with E-state index in [0.29, 0.717) is 23.1 Å². The molecule has 0 radical (unpaired) electrons. The number of aromatic amines is 1. The Balaban J connectivity index is 1.89. The highest BCUT2D eigenvalue weighted by atomic mass is 32.1. The number of nitrogens with one attached hydrogen (secondary N) is 1. The second kappa shape index (κ2) is 6.17. The van der Waals surface area contributed by atoms with Crippen molar-refractivity contribution in [1.29, 1.82) is 0 Å². The molecule has 0 bridgehead atoms. The lowest BCUT2D eigenvalue weighted by Crippen LogP contribution is -2.14. The Hall–Kier alpha value is -2.38. The van der Waals surface area contributed by atoms with Gasteiger partial charge in [-0.25, -0.2) is 4.98 Å². The zero-order valence-electron chi connectivity index (χ0n) is 12.2. The summed E-state index contributed by atoms with van der Waals surface area (Å²) in [6.07, 6.45) is 0. The van der Waals surface area contributed by atoms with E-state index >= 15 is 0 Å². The fourth-order valence-corrected chi connectivity index (χ4v) is 2.79. The maximum Gasteiger partial charge on any atom is 0.191 e. The third kappa shape index (κ3) is 2.68. The molecule has 0 saturated heterocycles. The molecule has 0 aliphatic carbocycles. The van der Waals surface area contributed by atoms with Crippen molar-refractivity contribution in [2.75, 3.05) is 14.2 Å². The molecular formula is C15H16N4O2S. The zero-order valence-corrected chi connectivity index (χ0v) is 13.1. The van der Waals surface area contributed by atoms with Crippen molar-refractivity contribution in [3.8, 4) is 22.2 Å². The third-order valence-corrected chi connectivity index (χ3v) is 4.17. The predicted molar refractivity (Wildman–Crippen MR) is 85.3 cm³/mol. The number of hydrogen-bond donors (Lipinski definition) is 2. The number of rotatable bonds is 5. The summed E-state index contributed by atoms with van der Waals surface area (Å²) < 4.78 is 10.5. The minimum atomic E-state index is -0.416. The summed E-state index contributed by atoms with van der Waals surface area (Å²) in [4.78, 5) is 5.48. The van der Waals surface area contributed by atoms with Crippen LogP contribution in [0.3, 0.4) is 0 Å². The highest BCUT2D eigenvalue weighted by Crippen LogP contribution is 2.31. The zero-order chi connectivity index (χ0) is 15.5. The van der Waals surface area contributed by atoms with Gasteiger partial charge in [-0.1, -0.05) is 12.1 Å². The summed E-state index contributed by atoms with van der Waals surface area (Å²) >= 11 is 1.59. The lowest BCUT2D eigenvalue weighted by atomic mass is 10.1. The fraction of sp³-hybridized carbons (Fsp3) is 0.200. The molecule has 22 heavy (non-hydrogen) atoms. The molecule has 1 atom stereocenters. The molecule has 3 N–H and O–H groups in total. The van der Waals surface area contributed by atoms with E-state index in [-0.39, 0.29) is 0 Å². The Morgan fingerprint density at radius 3 is 2.68 bits per heavy atom. The van der Waals surface area contributed by atoms with Crippen LogP contribution < -0.4 is 15.2 Å². The Labute approximate surface area is 131 Å². The monoisotopic (exact) mass is 316 g/mol. The van der Waals surface area contributed by atoms with Crippen LogP contribution in [0.4, 0.5) is 0 Å². The van der Waals surface area contributed by atoms with Gasteiger partial charge in [0.25, 0.3) is 0 Å². The number of H-pyrrole nitrogens is 1. The van der Waals surface area contributed by atoms with E-state index in [0.717, 1.165) is 10.4 Å². The lowest BCUT2D eigenvalue weighted by molar-refractivity contribution is 0.354. The minimum Gasteiger partial charge on any atom is -0.493 e. The number of methoxy groups -OCH3 is 2. The van der Waals surface area contributed by atoms with Gasteiger partial charge in [-0.05, 0) is 29.1 Å². The highest BCUT2D eigenvalue weighted by Gasteiger charge is 2.17. The molecule has 7 heteroatoms. The van der Waals surface area contributed by atoms with Crippen LogP contribution in [0, 0.1) is 0 Å². The Kier molecular flexibility index (Phi) is 4.08. The average Bonchev–Trinajstić information content (AvgIpc) is 3.24. The first-order chi connectivity index (χ1) is 10.7. The maximum atomic E-state index is 6.27. The van der Waals surface area contributed by atoms with Gasteiger partial charge in [0.05, 0.1) is 25.1 Å². The Bertz CT molecular complexity index is 755. The van der Waals surface area contributed by atoms with Crippen LogP contribution in [0.5, 0.6) is 11.5 Å². The van der Waals surface area contributed by atoms with E-state index in [1.165, 1.54) is 0 Å². The molecule has 114 valence electrons. The summed E-state index contributed by atoms with van der Waals surface area (Å²) in [6, 6.07) is 9.07. The largest absolute Gasteiger partial charge is 0.493 e. The van der Waals surface area contributed by atoms with Gasteiger partial charge < -0.3 is 15.2 Å². The van der Waals surface area contributed by atoms with Crippen molar-refractivity contribution < 1.29 is 9.47 Å². The second-order valence-electron chi connectivity index (χ2n) is 4.61. The molecule has 0 spiro atoms. The summed E-state index contributed by atoms with van der Waals surface area (Å²) in [5.41, 5.74) is 7.14. The van der Waals surface area contributed by atoms with Gasteiger partial charge in [-0.2, -0.15) is 5.10 Å². The molecule has 3 aromatic rings. The molecular weight excluding hydrogens is 300 g/mol. The molecule has 0 aliphatic rings. The van der Waals surface area contributed by atoms with E-state index in [1.54, 1.807) is 25.6 Å². The van der Waals surface area contributed by atoms with E-state index in [9.17, 15) is 0 Å². The van der Waals surface area contributed by atoms with Gasteiger partial charge in [-0.3, -0.25) is 5.10 Å². The van der Waals surface area contributed by atoms with Crippen LogP contribution in [0.2, 0.25) is 0 Å². The minimum absolute atomic E-state index is 0.416. The molecule has 0 fully saturated rings. The van der Waals surface area contributed by atoms with Crippen molar-refractivity contribution in [1.82, 2.24) is 15.2 Å². The number of nitrogens with two attached hydrogens (primary N) is 1. The van der Waals surface area contributed by atoms with Crippen LogP contribution in [-0.4, -0.2) is 29.4 Å². The summed E-state index contributed by atoms with van der Waals surface area (Å²) in [6.45, 7) is 0. The van der Waals surface area contributed by atoms with Gasteiger partial charge >= 0.3 is 0 Å². The van der Waals surface area contributed by atoms with E-state index in [2.05, 4.69) is 15.2 Å². The van der Waals surface area contributed by atoms with Crippen molar-refractivity contribution in [3.63, 3.8) is 0 Å². The number of aromatic nitrogens is 3. The third-order valence-electron chi connectivity index (χ3n) is 3.31. The Morgan fingerprint density at radius 2 is 2.00 bits per heavy atom. The molecule has 0 aliphatic heterocycles. The fourth-order valence-electron chi connectivity index (χ4n) is 2.13. The molecule has 6 nitrogen and oxygen atoms in total. The maximum absolute atomic E-state index is 6.27. The molecule has 0 unspecified atom stereocenters. The number of nitrogens with zero attached hydrogens (tertiary/aromatic N) is 2. The van der Waals surface area contributed by atoms with E-state index < -0.39 is 6.04 Å².